The maximum atomic E-state index is 12.8. The molecule has 268 valence electrons. The fourth-order valence-electron chi connectivity index (χ4n) is 6.97. The van der Waals surface area contributed by atoms with Crippen molar-refractivity contribution in [3.05, 3.63) is 70.8 Å². The van der Waals surface area contributed by atoms with Crippen molar-refractivity contribution < 1.29 is 50.6 Å². The number of aliphatic imine (C=N–C) groups is 2. The Hall–Kier alpha value is -4.27. The van der Waals surface area contributed by atoms with Crippen molar-refractivity contribution in [1.82, 2.24) is 9.80 Å². The highest BCUT2D eigenvalue weighted by atomic mass is 35.5. The van der Waals surface area contributed by atoms with Crippen molar-refractivity contribution >= 4 is 46.1 Å². The van der Waals surface area contributed by atoms with Crippen molar-refractivity contribution in [2.75, 3.05) is 13.1 Å². The molecule has 2 aliphatic heterocycles. The number of carbonyl (C=O) groups is 4. The van der Waals surface area contributed by atoms with E-state index in [4.69, 9.17) is 16.7 Å². The van der Waals surface area contributed by atoms with Gasteiger partial charge >= 0.3 is 18.3 Å². The molecule has 9 nitrogen and oxygen atoms in total. The average Bonchev–Trinajstić information content (AvgIpc) is 3.46. The first-order valence-corrected chi connectivity index (χ1v) is 16.4. The van der Waals surface area contributed by atoms with Gasteiger partial charge in [0, 0.05) is 11.1 Å². The molecule has 0 radical (unpaired) electrons. The average molecular weight is 727 g/mol. The van der Waals surface area contributed by atoms with Crippen molar-refractivity contribution in [2.24, 2.45) is 9.98 Å². The molecule has 2 saturated carbocycles. The molecule has 0 unspecified atom stereocenters. The fraction of sp³-hybridized carbons (Fsp3) is 0.471. The van der Waals surface area contributed by atoms with E-state index in [1.807, 2.05) is 0 Å². The van der Waals surface area contributed by atoms with Gasteiger partial charge in [0.25, 0.3) is 11.8 Å². The minimum Gasteiger partial charge on any atom is -0.480 e. The van der Waals surface area contributed by atoms with Crippen LogP contribution in [0.4, 0.5) is 26.3 Å². The highest BCUT2D eigenvalue weighted by molar-refractivity contribution is 6.64. The van der Waals surface area contributed by atoms with Gasteiger partial charge < -0.3 is 14.9 Å². The first-order valence-electron chi connectivity index (χ1n) is 16.0. The Morgan fingerprint density at radius 1 is 0.640 bits per heavy atom. The molecule has 0 atom stereocenters. The van der Waals surface area contributed by atoms with E-state index in [1.165, 1.54) is 34.1 Å². The van der Waals surface area contributed by atoms with Gasteiger partial charge in [-0.15, -0.1) is 0 Å². The van der Waals surface area contributed by atoms with E-state index in [2.05, 4.69) is 9.98 Å². The van der Waals surface area contributed by atoms with E-state index in [9.17, 15) is 45.5 Å². The number of carbonyl (C=O) groups excluding carboxylic acids is 3. The summed E-state index contributed by atoms with van der Waals surface area (Å²) in [6.45, 7) is -0.722. The van der Waals surface area contributed by atoms with Crippen LogP contribution in [0.3, 0.4) is 0 Å². The van der Waals surface area contributed by atoms with E-state index in [-0.39, 0.29) is 23.5 Å². The Morgan fingerprint density at radius 2 is 0.980 bits per heavy atom. The van der Waals surface area contributed by atoms with Gasteiger partial charge in [-0.25, -0.2) is 0 Å². The molecule has 0 saturated heterocycles. The van der Waals surface area contributed by atoms with E-state index >= 15 is 0 Å². The second-order valence-corrected chi connectivity index (χ2v) is 13.1. The van der Waals surface area contributed by atoms with Crippen molar-refractivity contribution in [3.8, 4) is 0 Å². The van der Waals surface area contributed by atoms with Crippen LogP contribution in [-0.4, -0.2) is 73.8 Å². The Morgan fingerprint density at radius 3 is 1.28 bits per heavy atom. The molecule has 6 rings (SSSR count). The fourth-order valence-corrected chi connectivity index (χ4v) is 7.09. The summed E-state index contributed by atoms with van der Waals surface area (Å²) >= 11 is 5.48. The number of rotatable bonds is 6. The molecule has 1 N–H and O–H groups in total. The molecule has 2 fully saturated rings. The summed E-state index contributed by atoms with van der Waals surface area (Å²) in [6, 6.07) is 8.55. The topological polar surface area (TPSA) is 120 Å². The summed E-state index contributed by atoms with van der Waals surface area (Å²) in [5.41, 5.74) is -2.57. The lowest BCUT2D eigenvalue weighted by molar-refractivity contribution is -0.145. The van der Waals surface area contributed by atoms with Crippen LogP contribution in [0.5, 0.6) is 0 Å². The summed E-state index contributed by atoms with van der Waals surface area (Å²) in [6.07, 6.45) is -1.14. The molecule has 0 aromatic heterocycles. The first-order chi connectivity index (χ1) is 23.5. The second kappa shape index (κ2) is 14.2. The third-order valence-corrected chi connectivity index (χ3v) is 9.52. The molecule has 2 amide bonds. The molecule has 50 heavy (non-hydrogen) atoms. The lowest BCUT2D eigenvalue weighted by atomic mass is 9.88. The summed E-state index contributed by atoms with van der Waals surface area (Å²) in [5.74, 6) is -2.14. The molecule has 4 aliphatic rings. The number of hydrogen-bond acceptors (Lipinski definition) is 6. The lowest BCUT2D eigenvalue weighted by Crippen LogP contribution is -2.50. The van der Waals surface area contributed by atoms with Crippen LogP contribution in [0, 0.1) is 0 Å². The quantitative estimate of drug-likeness (QED) is 0.258. The molecule has 2 aliphatic carbocycles. The zero-order valence-electron chi connectivity index (χ0n) is 26.6. The van der Waals surface area contributed by atoms with E-state index < -0.39 is 64.4 Å². The Labute approximate surface area is 288 Å². The van der Waals surface area contributed by atoms with E-state index in [1.54, 1.807) is 0 Å². The standard InChI is InChI=1S/C17H16ClF3N2O2.C17H17F3N2O3/c18-13(24)10-23-15(25)14(22-16(23)8-2-1-3-9-16)11-4-6-12(7-5-11)17(19,20)21;18-17(19,20)12-6-4-11(5-7-12)14-15(25)22(10-13(23)24)16(21-14)8-2-1-3-9-16/h4-7H,1-3,8-10H2;4-7H,1-3,8-10H2,(H,23,24). The van der Waals surface area contributed by atoms with Gasteiger partial charge in [-0.05, 0) is 87.2 Å². The van der Waals surface area contributed by atoms with Crippen molar-refractivity contribution in [2.45, 2.75) is 87.9 Å². The van der Waals surface area contributed by atoms with Crippen LogP contribution in [0.1, 0.15) is 86.5 Å². The minimum atomic E-state index is -4.46. The first kappa shape index (κ1) is 37.0. The molecule has 2 spiro atoms. The zero-order valence-corrected chi connectivity index (χ0v) is 27.4. The maximum Gasteiger partial charge on any atom is 0.416 e. The van der Waals surface area contributed by atoms with Gasteiger partial charge in [0.1, 0.15) is 29.3 Å². The predicted molar refractivity (Wildman–Crippen MR) is 170 cm³/mol. The third kappa shape index (κ3) is 7.72. The Balaban J connectivity index is 0.000000194. The number of halogens is 7. The number of carboxylic acids is 1. The highest BCUT2D eigenvalue weighted by Gasteiger charge is 2.49. The number of benzene rings is 2. The summed E-state index contributed by atoms with van der Waals surface area (Å²) in [5, 5.41) is 8.45. The van der Waals surface area contributed by atoms with Crippen LogP contribution >= 0.6 is 11.6 Å². The van der Waals surface area contributed by atoms with Gasteiger partial charge in [0.05, 0.1) is 17.7 Å². The number of hydrogen-bond donors (Lipinski definition) is 1. The smallest absolute Gasteiger partial charge is 0.416 e. The second-order valence-electron chi connectivity index (χ2n) is 12.7. The number of carboxylic acid groups (broad SMARTS) is 1. The number of alkyl halides is 6. The highest BCUT2D eigenvalue weighted by Crippen LogP contribution is 2.41. The van der Waals surface area contributed by atoms with Crippen LogP contribution in [0.25, 0.3) is 0 Å². The minimum absolute atomic E-state index is 0.0388. The van der Waals surface area contributed by atoms with Crippen LogP contribution < -0.4 is 0 Å². The van der Waals surface area contributed by atoms with E-state index in [0.29, 0.717) is 31.2 Å². The molecule has 2 aromatic rings. The molecule has 0 bridgehead atoms. The van der Waals surface area contributed by atoms with Crippen LogP contribution in [0.2, 0.25) is 0 Å². The molecule has 16 heteroatoms. The van der Waals surface area contributed by atoms with Crippen molar-refractivity contribution in [3.63, 3.8) is 0 Å². The lowest BCUT2D eigenvalue weighted by Gasteiger charge is -2.38. The largest absolute Gasteiger partial charge is 0.480 e. The molecule has 2 aromatic carbocycles. The van der Waals surface area contributed by atoms with Crippen LogP contribution in [0.15, 0.2) is 58.5 Å². The van der Waals surface area contributed by atoms with Crippen LogP contribution in [-0.2, 0) is 31.5 Å². The molecular formula is C34H33ClF6N4O5. The Kier molecular flexibility index (Phi) is 10.5. The summed E-state index contributed by atoms with van der Waals surface area (Å²) in [7, 11) is 0. The monoisotopic (exact) mass is 726 g/mol. The van der Waals surface area contributed by atoms with E-state index in [0.717, 1.165) is 62.8 Å². The van der Waals surface area contributed by atoms with Crippen molar-refractivity contribution in [1.29, 1.82) is 0 Å². The van der Waals surface area contributed by atoms with Gasteiger partial charge in [-0.3, -0.25) is 29.2 Å². The SMILES string of the molecule is O=C(Cl)CN1C(=O)C(c2ccc(C(F)(F)F)cc2)=NC12CCCCC2.O=C(O)CN1C(=O)C(c2ccc(C(F)(F)F)cc2)=NC12CCCCC2. The van der Waals surface area contributed by atoms with Gasteiger partial charge in [-0.2, -0.15) is 26.3 Å². The summed E-state index contributed by atoms with van der Waals surface area (Å²) in [4.78, 5) is 59.7. The maximum absolute atomic E-state index is 12.8. The number of amides is 2. The molecule has 2 heterocycles. The number of nitrogens with zero attached hydrogens (tertiary/aromatic N) is 4. The van der Waals surface area contributed by atoms with Gasteiger partial charge in [0.2, 0.25) is 5.24 Å². The summed E-state index contributed by atoms with van der Waals surface area (Å²) < 4.78 is 76.2. The normalized spacial score (nSPS) is 20.1. The third-order valence-electron chi connectivity index (χ3n) is 9.40. The van der Waals surface area contributed by atoms with Gasteiger partial charge in [-0.1, -0.05) is 37.1 Å². The number of aliphatic carboxylic acids is 1. The molecular weight excluding hydrogens is 694 g/mol. The predicted octanol–water partition coefficient (Wildman–Crippen LogP) is 6.84. The zero-order chi connectivity index (χ0) is 36.5. The van der Waals surface area contributed by atoms with Gasteiger partial charge in [0.15, 0.2) is 0 Å². The Bertz CT molecular complexity index is 1570.